The number of amides is 1. The van der Waals surface area contributed by atoms with E-state index in [2.05, 4.69) is 0 Å². The number of thioether (sulfide) groups is 1. The standard InChI is InChI=1S/C34H33F2N3O6S/c1-33(2,43-3)32(42)44-29-24(40)11-14-38-28(29)31(41)37-15-13-34-12-10-18(45-34)16-22(34)30(37)39(38)27-19-8-9-23(35)26(36)21(19)17-46-25-7-5-4-6-20(25)27/h4-9,11,14,18,22,27,30H,10,12-13,15-17H2,1-3H3/t18-,22+,27-,30+,34-/m0/s1. The van der Waals surface area contributed by atoms with Crippen LogP contribution in [0.15, 0.2) is 58.4 Å². The summed E-state index contributed by atoms with van der Waals surface area (Å²) in [4.78, 5) is 43.8. The number of pyridine rings is 1. The molecular weight excluding hydrogens is 616 g/mol. The topological polar surface area (TPSA) is 90.3 Å². The molecule has 3 aromatic rings. The molecule has 2 bridgehead atoms. The number of piperidine rings is 1. The van der Waals surface area contributed by atoms with Crippen LogP contribution in [0.25, 0.3) is 0 Å². The number of rotatable bonds is 4. The molecule has 0 aliphatic carbocycles. The molecule has 9 nitrogen and oxygen atoms in total. The molecule has 0 unspecified atom stereocenters. The Balaban J connectivity index is 1.40. The van der Waals surface area contributed by atoms with Gasteiger partial charge in [0.05, 0.1) is 17.7 Å². The first-order valence-electron chi connectivity index (χ1n) is 15.5. The van der Waals surface area contributed by atoms with E-state index in [4.69, 9.17) is 14.2 Å². The zero-order chi connectivity index (χ0) is 32.1. The van der Waals surface area contributed by atoms with E-state index in [9.17, 15) is 18.8 Å². The van der Waals surface area contributed by atoms with Gasteiger partial charge in [-0.15, -0.1) is 11.8 Å². The second kappa shape index (κ2) is 10.4. The molecule has 46 heavy (non-hydrogen) atoms. The summed E-state index contributed by atoms with van der Waals surface area (Å²) in [6.45, 7) is 3.36. The van der Waals surface area contributed by atoms with Gasteiger partial charge >= 0.3 is 5.97 Å². The molecule has 3 fully saturated rings. The third-order valence-corrected chi connectivity index (χ3v) is 11.6. The van der Waals surface area contributed by atoms with Crippen LogP contribution in [-0.4, -0.2) is 58.6 Å². The molecule has 12 heteroatoms. The summed E-state index contributed by atoms with van der Waals surface area (Å²) >= 11 is 1.42. The SMILES string of the molecule is COC(C)(C)C(=O)Oc1c2n(ccc1=O)N([C@@H]1c3ccccc3SCc3c1ccc(F)c3F)[C@@H]1[C@H]3C[C@@H]4CC[C@@]3(CCN1C2=O)O4. The normalized spacial score (nSPS) is 27.7. The van der Waals surface area contributed by atoms with Gasteiger partial charge in [0, 0.05) is 48.0 Å². The van der Waals surface area contributed by atoms with Crippen molar-refractivity contribution in [1.29, 1.82) is 0 Å². The molecule has 0 radical (unpaired) electrons. The molecule has 5 aliphatic rings. The van der Waals surface area contributed by atoms with Gasteiger partial charge < -0.3 is 19.1 Å². The summed E-state index contributed by atoms with van der Waals surface area (Å²) < 4.78 is 49.6. The molecule has 1 spiro atoms. The van der Waals surface area contributed by atoms with E-state index in [-0.39, 0.29) is 29.0 Å². The fourth-order valence-corrected chi connectivity index (χ4v) is 9.16. The number of carbonyl (C=O) groups excluding carboxylic acids is 2. The summed E-state index contributed by atoms with van der Waals surface area (Å²) in [5.74, 6) is -3.41. The monoisotopic (exact) mass is 649 g/mol. The smallest absolute Gasteiger partial charge is 0.343 e. The largest absolute Gasteiger partial charge is 0.418 e. The van der Waals surface area contributed by atoms with E-state index in [1.54, 1.807) is 15.6 Å². The predicted molar refractivity (Wildman–Crippen MR) is 164 cm³/mol. The maximum Gasteiger partial charge on any atom is 0.343 e. The number of halogens is 2. The summed E-state index contributed by atoms with van der Waals surface area (Å²) in [6, 6.07) is 11.0. The van der Waals surface area contributed by atoms with Crippen molar-refractivity contribution in [3.63, 3.8) is 0 Å². The van der Waals surface area contributed by atoms with Crippen LogP contribution in [0.4, 0.5) is 8.78 Å². The van der Waals surface area contributed by atoms with E-state index in [0.717, 1.165) is 35.8 Å². The minimum atomic E-state index is -1.39. The van der Waals surface area contributed by atoms with E-state index >= 15 is 4.39 Å². The van der Waals surface area contributed by atoms with Gasteiger partial charge in [-0.05, 0) is 62.8 Å². The lowest BCUT2D eigenvalue weighted by atomic mass is 9.71. The number of esters is 1. The molecule has 1 aromatic heterocycles. The highest BCUT2D eigenvalue weighted by Gasteiger charge is 2.63. The molecule has 5 aliphatic heterocycles. The van der Waals surface area contributed by atoms with Gasteiger partial charge in [0.15, 0.2) is 22.9 Å². The van der Waals surface area contributed by atoms with Crippen molar-refractivity contribution in [3.8, 4) is 5.75 Å². The quantitative estimate of drug-likeness (QED) is 0.369. The molecule has 3 saturated heterocycles. The predicted octanol–water partition coefficient (Wildman–Crippen LogP) is 4.91. The maximum atomic E-state index is 15.7. The summed E-state index contributed by atoms with van der Waals surface area (Å²) in [5.41, 5.74) is -0.926. The highest BCUT2D eigenvalue weighted by molar-refractivity contribution is 7.98. The maximum absolute atomic E-state index is 15.7. The fourth-order valence-electron chi connectivity index (χ4n) is 8.05. The molecular formula is C34H33F2N3O6S. The average molecular weight is 650 g/mol. The zero-order valence-corrected chi connectivity index (χ0v) is 26.4. The van der Waals surface area contributed by atoms with Gasteiger partial charge in [0.1, 0.15) is 6.17 Å². The molecule has 5 atom stereocenters. The highest BCUT2D eigenvalue weighted by Crippen LogP contribution is 2.57. The number of methoxy groups -OCH3 is 1. The van der Waals surface area contributed by atoms with Crippen molar-refractivity contribution in [1.82, 2.24) is 9.58 Å². The summed E-state index contributed by atoms with van der Waals surface area (Å²) in [5, 5.41) is 2.01. The van der Waals surface area contributed by atoms with Crippen molar-refractivity contribution in [3.05, 3.63) is 92.9 Å². The van der Waals surface area contributed by atoms with Crippen LogP contribution >= 0.6 is 11.8 Å². The Labute approximate surface area is 268 Å². The molecule has 240 valence electrons. The second-order valence-electron chi connectivity index (χ2n) is 13.2. The van der Waals surface area contributed by atoms with Gasteiger partial charge in [-0.2, -0.15) is 0 Å². The lowest BCUT2D eigenvalue weighted by Gasteiger charge is -2.57. The van der Waals surface area contributed by atoms with Crippen LogP contribution in [0.3, 0.4) is 0 Å². The van der Waals surface area contributed by atoms with Crippen LogP contribution < -0.4 is 15.2 Å². The summed E-state index contributed by atoms with van der Waals surface area (Å²) in [6.07, 6.45) is 4.21. The van der Waals surface area contributed by atoms with Crippen molar-refractivity contribution in [2.45, 2.75) is 79.7 Å². The number of carbonyl (C=O) groups is 2. The van der Waals surface area contributed by atoms with Gasteiger partial charge in [0.2, 0.25) is 11.2 Å². The van der Waals surface area contributed by atoms with E-state index in [1.807, 2.05) is 29.3 Å². The van der Waals surface area contributed by atoms with E-state index < -0.39 is 58.1 Å². The molecule has 0 saturated carbocycles. The third kappa shape index (κ3) is 4.15. The minimum Gasteiger partial charge on any atom is -0.418 e. The zero-order valence-electron chi connectivity index (χ0n) is 25.6. The van der Waals surface area contributed by atoms with E-state index in [0.29, 0.717) is 18.5 Å². The number of benzene rings is 2. The van der Waals surface area contributed by atoms with Gasteiger partial charge in [0.25, 0.3) is 5.91 Å². The Morgan fingerprint density at radius 1 is 1.09 bits per heavy atom. The number of hydrogen-bond donors (Lipinski definition) is 0. The lowest BCUT2D eigenvalue weighted by Crippen LogP contribution is -2.70. The summed E-state index contributed by atoms with van der Waals surface area (Å²) in [7, 11) is 1.36. The second-order valence-corrected chi connectivity index (χ2v) is 14.2. The Morgan fingerprint density at radius 3 is 2.67 bits per heavy atom. The Kier molecular flexibility index (Phi) is 6.69. The Hall–Kier alpha value is -3.74. The molecule has 2 aromatic carbocycles. The molecule has 6 heterocycles. The number of fused-ring (bicyclic) bond motifs is 6. The van der Waals surface area contributed by atoms with Gasteiger partial charge in [-0.1, -0.05) is 24.3 Å². The van der Waals surface area contributed by atoms with Crippen molar-refractivity contribution >= 4 is 23.6 Å². The van der Waals surface area contributed by atoms with Gasteiger partial charge in [-0.25, -0.2) is 13.6 Å². The fraction of sp³-hybridized carbons (Fsp3) is 0.441. The van der Waals surface area contributed by atoms with Crippen LogP contribution in [0.1, 0.15) is 72.8 Å². The number of hydrogen-bond acceptors (Lipinski definition) is 8. The minimum absolute atomic E-state index is 0.0703. The third-order valence-electron chi connectivity index (χ3n) is 10.5. The van der Waals surface area contributed by atoms with Crippen molar-refractivity contribution in [2.75, 3.05) is 18.7 Å². The molecule has 1 amide bonds. The van der Waals surface area contributed by atoms with Crippen LogP contribution in [-0.2, 0) is 20.0 Å². The van der Waals surface area contributed by atoms with Gasteiger partial charge in [-0.3, -0.25) is 19.3 Å². The molecule has 0 N–H and O–H groups in total. The van der Waals surface area contributed by atoms with Crippen molar-refractivity contribution in [2.24, 2.45) is 5.92 Å². The first kappa shape index (κ1) is 29.6. The number of nitrogens with zero attached hydrogens (tertiary/aromatic N) is 3. The van der Waals surface area contributed by atoms with Crippen LogP contribution in [0, 0.1) is 17.6 Å². The van der Waals surface area contributed by atoms with Crippen molar-refractivity contribution < 1.29 is 32.6 Å². The number of ether oxygens (including phenoxy) is 3. The molecule has 8 rings (SSSR count). The Bertz CT molecular complexity index is 1860. The first-order chi connectivity index (χ1) is 22.0. The average Bonchev–Trinajstić information content (AvgIpc) is 3.58. The first-order valence-corrected chi connectivity index (χ1v) is 16.5. The van der Waals surface area contributed by atoms with Crippen LogP contribution in [0.5, 0.6) is 5.75 Å². The number of aromatic nitrogens is 1. The highest BCUT2D eigenvalue weighted by atomic mass is 32.2. The van der Waals surface area contributed by atoms with E-state index in [1.165, 1.54) is 45.0 Å². The lowest BCUT2D eigenvalue weighted by molar-refractivity contribution is -0.154. The van der Waals surface area contributed by atoms with Crippen LogP contribution in [0.2, 0.25) is 0 Å². The Morgan fingerprint density at radius 2 is 1.89 bits per heavy atom.